The highest BCUT2D eigenvalue weighted by molar-refractivity contribution is 9.10. The molecule has 3 nitrogen and oxygen atoms in total. The molecule has 27 heavy (non-hydrogen) atoms. The lowest BCUT2D eigenvalue weighted by molar-refractivity contribution is 0.125. The molecule has 1 aliphatic heterocycles. The number of rotatable bonds is 8. The molecule has 0 unspecified atom stereocenters. The highest BCUT2D eigenvalue weighted by Crippen LogP contribution is 2.44. The Morgan fingerprint density at radius 1 is 1.19 bits per heavy atom. The van der Waals surface area contributed by atoms with Crippen molar-refractivity contribution < 1.29 is 9.84 Å². The maximum absolute atomic E-state index is 9.44. The minimum Gasteiger partial charge on any atom is -0.497 e. The lowest BCUT2D eigenvalue weighted by atomic mass is 9.79. The van der Waals surface area contributed by atoms with Gasteiger partial charge in [-0.25, -0.2) is 0 Å². The van der Waals surface area contributed by atoms with Gasteiger partial charge in [0.1, 0.15) is 5.75 Å². The second kappa shape index (κ2) is 11.0. The Bertz CT molecular complexity index is 569. The Kier molecular flexibility index (Phi) is 9.40. The summed E-state index contributed by atoms with van der Waals surface area (Å²) < 4.78 is 6.58. The predicted octanol–water partition coefficient (Wildman–Crippen LogP) is 5.47. The van der Waals surface area contributed by atoms with E-state index in [1.807, 2.05) is 6.07 Å². The van der Waals surface area contributed by atoms with Gasteiger partial charge in [0.15, 0.2) is 0 Å². The summed E-state index contributed by atoms with van der Waals surface area (Å²) in [6, 6.07) is 6.29. The van der Waals surface area contributed by atoms with Gasteiger partial charge in [0, 0.05) is 11.1 Å². The SMILES string of the molecule is COc1ccc(Br)c(CC2CCN(CCC3(CCO)CCCC3)CC2)c1.Cl. The third-order valence-corrected chi connectivity index (χ3v) is 7.51. The van der Waals surface area contributed by atoms with Crippen LogP contribution < -0.4 is 4.74 Å². The van der Waals surface area contributed by atoms with Gasteiger partial charge in [0.2, 0.25) is 0 Å². The number of likely N-dealkylation sites (tertiary alicyclic amines) is 1. The number of ether oxygens (including phenoxy) is 1. The zero-order valence-corrected chi connectivity index (χ0v) is 19.0. The maximum atomic E-state index is 9.44. The summed E-state index contributed by atoms with van der Waals surface area (Å²) in [4.78, 5) is 2.66. The van der Waals surface area contributed by atoms with Crippen molar-refractivity contribution in [1.82, 2.24) is 4.90 Å². The minimum absolute atomic E-state index is 0. The Morgan fingerprint density at radius 2 is 1.89 bits per heavy atom. The van der Waals surface area contributed by atoms with Crippen LogP contribution in [-0.2, 0) is 6.42 Å². The molecule has 3 rings (SSSR count). The van der Waals surface area contributed by atoms with Crippen LogP contribution in [0.3, 0.4) is 0 Å². The average molecular weight is 461 g/mol. The second-order valence-electron chi connectivity index (χ2n) is 8.38. The number of hydrogen-bond acceptors (Lipinski definition) is 3. The average Bonchev–Trinajstić information content (AvgIpc) is 3.12. The largest absolute Gasteiger partial charge is 0.497 e. The van der Waals surface area contributed by atoms with E-state index in [-0.39, 0.29) is 12.4 Å². The van der Waals surface area contributed by atoms with E-state index in [4.69, 9.17) is 4.74 Å². The van der Waals surface area contributed by atoms with E-state index in [2.05, 4.69) is 33.0 Å². The molecule has 0 aromatic heterocycles. The summed E-state index contributed by atoms with van der Waals surface area (Å²) >= 11 is 3.70. The summed E-state index contributed by atoms with van der Waals surface area (Å²) in [7, 11) is 1.74. The van der Waals surface area contributed by atoms with E-state index in [0.717, 1.165) is 24.5 Å². The third-order valence-electron chi connectivity index (χ3n) is 6.73. The Hall–Kier alpha value is -0.290. The first-order valence-corrected chi connectivity index (χ1v) is 11.1. The Balaban J connectivity index is 0.00000261. The quantitative estimate of drug-likeness (QED) is 0.558. The number of nitrogens with zero attached hydrogens (tertiary/aromatic N) is 1. The van der Waals surface area contributed by atoms with Gasteiger partial charge in [-0.15, -0.1) is 12.4 Å². The van der Waals surface area contributed by atoms with E-state index in [1.165, 1.54) is 74.6 Å². The molecule has 1 aliphatic carbocycles. The molecular formula is C22H35BrClNO2. The molecule has 1 aromatic carbocycles. The Labute approximate surface area is 179 Å². The molecule has 5 heteroatoms. The van der Waals surface area contributed by atoms with Gasteiger partial charge in [-0.1, -0.05) is 28.8 Å². The van der Waals surface area contributed by atoms with E-state index in [9.17, 15) is 5.11 Å². The molecule has 2 fully saturated rings. The fourth-order valence-electron chi connectivity index (χ4n) is 4.94. The molecule has 2 aliphatic rings. The van der Waals surface area contributed by atoms with Crippen LogP contribution in [0.1, 0.15) is 56.9 Å². The number of benzene rings is 1. The molecule has 0 bridgehead atoms. The van der Waals surface area contributed by atoms with Gasteiger partial charge in [-0.05, 0) is 99.7 Å². The van der Waals surface area contributed by atoms with E-state index in [0.29, 0.717) is 12.0 Å². The topological polar surface area (TPSA) is 32.7 Å². The molecule has 1 aromatic rings. The number of hydrogen-bond donors (Lipinski definition) is 1. The molecule has 0 radical (unpaired) electrons. The lowest BCUT2D eigenvalue weighted by Crippen LogP contribution is -2.37. The van der Waals surface area contributed by atoms with Crippen molar-refractivity contribution in [2.45, 2.75) is 57.8 Å². The number of methoxy groups -OCH3 is 1. The first-order valence-electron chi connectivity index (χ1n) is 10.3. The lowest BCUT2D eigenvalue weighted by Gasteiger charge is -2.36. The standard InChI is InChI=1S/C22H34BrNO2.ClH/c1-26-20-4-5-21(23)19(17-20)16-18-6-12-24(13-7-18)14-10-22(11-15-25)8-2-3-9-22;/h4-5,17-18,25H,2-3,6-16H2,1H3;1H. The van der Waals surface area contributed by atoms with E-state index >= 15 is 0 Å². The molecule has 1 saturated carbocycles. The molecule has 1 N–H and O–H groups in total. The zero-order valence-electron chi connectivity index (χ0n) is 16.6. The van der Waals surface area contributed by atoms with Crippen LogP contribution in [0.15, 0.2) is 22.7 Å². The van der Waals surface area contributed by atoms with Gasteiger partial charge in [-0.3, -0.25) is 0 Å². The van der Waals surface area contributed by atoms with Crippen molar-refractivity contribution >= 4 is 28.3 Å². The molecule has 154 valence electrons. The van der Waals surface area contributed by atoms with Crippen LogP contribution in [0.2, 0.25) is 0 Å². The van der Waals surface area contributed by atoms with E-state index in [1.54, 1.807) is 7.11 Å². The minimum atomic E-state index is 0. The summed E-state index contributed by atoms with van der Waals surface area (Å²) in [5.74, 6) is 1.72. The van der Waals surface area contributed by atoms with Gasteiger partial charge in [0.05, 0.1) is 7.11 Å². The Morgan fingerprint density at radius 3 is 2.52 bits per heavy atom. The van der Waals surface area contributed by atoms with Gasteiger partial charge in [-0.2, -0.15) is 0 Å². The van der Waals surface area contributed by atoms with Crippen LogP contribution in [0.4, 0.5) is 0 Å². The van der Waals surface area contributed by atoms with Crippen molar-refractivity contribution in [2.75, 3.05) is 33.4 Å². The summed E-state index contributed by atoms with van der Waals surface area (Å²) in [5, 5.41) is 9.44. The normalized spacial score (nSPS) is 20.4. The third kappa shape index (κ3) is 6.35. The van der Waals surface area contributed by atoms with Crippen LogP contribution >= 0.6 is 28.3 Å². The molecule has 0 amide bonds. The van der Waals surface area contributed by atoms with E-state index < -0.39 is 0 Å². The number of aliphatic hydroxyl groups excluding tert-OH is 1. The zero-order chi connectivity index (χ0) is 18.4. The molecule has 1 saturated heterocycles. The predicted molar refractivity (Wildman–Crippen MR) is 118 cm³/mol. The van der Waals surface area contributed by atoms with Crippen molar-refractivity contribution in [3.8, 4) is 5.75 Å². The molecule has 1 heterocycles. The second-order valence-corrected chi connectivity index (χ2v) is 9.23. The summed E-state index contributed by atoms with van der Waals surface area (Å²) in [6.45, 7) is 4.02. The van der Waals surface area contributed by atoms with Crippen LogP contribution in [-0.4, -0.2) is 43.4 Å². The summed E-state index contributed by atoms with van der Waals surface area (Å²) in [5.41, 5.74) is 1.81. The number of aliphatic hydroxyl groups is 1. The van der Waals surface area contributed by atoms with Gasteiger partial charge >= 0.3 is 0 Å². The van der Waals surface area contributed by atoms with Gasteiger partial charge < -0.3 is 14.7 Å². The highest BCUT2D eigenvalue weighted by Gasteiger charge is 2.33. The smallest absolute Gasteiger partial charge is 0.119 e. The number of halogens is 2. The highest BCUT2D eigenvalue weighted by atomic mass is 79.9. The van der Waals surface area contributed by atoms with Crippen molar-refractivity contribution in [3.05, 3.63) is 28.2 Å². The van der Waals surface area contributed by atoms with Crippen LogP contribution in [0, 0.1) is 11.3 Å². The number of piperidine rings is 1. The van der Waals surface area contributed by atoms with Crippen molar-refractivity contribution in [2.24, 2.45) is 11.3 Å². The monoisotopic (exact) mass is 459 g/mol. The van der Waals surface area contributed by atoms with Crippen LogP contribution in [0.5, 0.6) is 5.75 Å². The fraction of sp³-hybridized carbons (Fsp3) is 0.727. The van der Waals surface area contributed by atoms with Gasteiger partial charge in [0.25, 0.3) is 0 Å². The molecule has 0 atom stereocenters. The van der Waals surface area contributed by atoms with Crippen molar-refractivity contribution in [3.63, 3.8) is 0 Å². The molecular weight excluding hydrogens is 426 g/mol. The fourth-order valence-corrected chi connectivity index (χ4v) is 5.35. The first-order chi connectivity index (χ1) is 12.6. The maximum Gasteiger partial charge on any atom is 0.119 e. The van der Waals surface area contributed by atoms with Crippen LogP contribution in [0.25, 0.3) is 0 Å². The first kappa shape index (κ1) is 23.0. The summed E-state index contributed by atoms with van der Waals surface area (Å²) in [6.07, 6.45) is 11.4. The van der Waals surface area contributed by atoms with Crippen molar-refractivity contribution in [1.29, 1.82) is 0 Å². The molecule has 0 spiro atoms.